The van der Waals surface area contributed by atoms with Gasteiger partial charge >= 0.3 is 5.97 Å². The summed E-state index contributed by atoms with van der Waals surface area (Å²) in [7, 11) is 0. The first-order valence-corrected chi connectivity index (χ1v) is 14.9. The van der Waals surface area contributed by atoms with Gasteiger partial charge in [-0.2, -0.15) is 0 Å². The van der Waals surface area contributed by atoms with Crippen molar-refractivity contribution >= 4 is 5.97 Å². The number of rotatable bonds is 17. The van der Waals surface area contributed by atoms with Crippen molar-refractivity contribution in [2.75, 3.05) is 19.8 Å². The van der Waals surface area contributed by atoms with Gasteiger partial charge in [-0.15, -0.1) is 0 Å². The van der Waals surface area contributed by atoms with Gasteiger partial charge in [0, 0.05) is 11.5 Å². The van der Waals surface area contributed by atoms with E-state index >= 15 is 0 Å². The maximum Gasteiger partial charge on any atom is 0.343 e. The number of ether oxygens (including phenoxy) is 4. The minimum Gasteiger partial charge on any atom is -0.494 e. The molecule has 210 valence electrons. The zero-order valence-electron chi connectivity index (χ0n) is 23.8. The molecular weight excluding hydrogens is 476 g/mol. The first-order chi connectivity index (χ1) is 18.6. The molecule has 1 saturated heterocycles. The van der Waals surface area contributed by atoms with E-state index in [1.54, 1.807) is 24.3 Å². The third-order valence-electron chi connectivity index (χ3n) is 7.45. The van der Waals surface area contributed by atoms with Crippen LogP contribution < -0.4 is 9.47 Å². The van der Waals surface area contributed by atoms with E-state index in [-0.39, 0.29) is 12.3 Å². The van der Waals surface area contributed by atoms with Gasteiger partial charge in [-0.1, -0.05) is 90.7 Å². The molecule has 0 aromatic heterocycles. The third kappa shape index (κ3) is 10.8. The molecule has 0 bridgehead atoms. The van der Waals surface area contributed by atoms with Crippen LogP contribution in [0.5, 0.6) is 11.5 Å². The van der Waals surface area contributed by atoms with Crippen molar-refractivity contribution in [1.82, 2.24) is 0 Å². The van der Waals surface area contributed by atoms with Crippen LogP contribution in [-0.2, 0) is 9.47 Å². The van der Waals surface area contributed by atoms with Crippen molar-refractivity contribution in [3.63, 3.8) is 0 Å². The Balaban J connectivity index is 1.34. The molecule has 0 unspecified atom stereocenters. The predicted octanol–water partition coefficient (Wildman–Crippen LogP) is 8.91. The van der Waals surface area contributed by atoms with Gasteiger partial charge in [0.05, 0.1) is 25.4 Å². The molecule has 1 heterocycles. The number of esters is 1. The van der Waals surface area contributed by atoms with Crippen molar-refractivity contribution in [2.45, 2.75) is 97.7 Å². The lowest BCUT2D eigenvalue weighted by atomic mass is 9.96. The van der Waals surface area contributed by atoms with E-state index in [1.807, 2.05) is 24.3 Å². The largest absolute Gasteiger partial charge is 0.494 e. The molecule has 2 aromatic rings. The number of carbonyl (C=O) groups excluding carboxylic acids is 1. The van der Waals surface area contributed by atoms with Gasteiger partial charge in [0.2, 0.25) is 0 Å². The van der Waals surface area contributed by atoms with Crippen LogP contribution in [0.2, 0.25) is 0 Å². The minimum atomic E-state index is -0.389. The molecule has 0 amide bonds. The second-order valence-corrected chi connectivity index (χ2v) is 10.8. The van der Waals surface area contributed by atoms with Crippen LogP contribution in [0.25, 0.3) is 0 Å². The van der Waals surface area contributed by atoms with Crippen LogP contribution in [0.15, 0.2) is 48.5 Å². The zero-order chi connectivity index (χ0) is 27.0. The summed E-state index contributed by atoms with van der Waals surface area (Å²) >= 11 is 0. The highest BCUT2D eigenvalue weighted by molar-refractivity contribution is 5.91. The summed E-state index contributed by atoms with van der Waals surface area (Å²) in [6.45, 7) is 8.92. The molecule has 0 spiro atoms. The summed E-state index contributed by atoms with van der Waals surface area (Å²) in [4.78, 5) is 12.6. The molecule has 3 rings (SSSR count). The lowest BCUT2D eigenvalue weighted by Gasteiger charge is -2.30. The monoisotopic (exact) mass is 524 g/mol. The van der Waals surface area contributed by atoms with Crippen molar-refractivity contribution in [3.8, 4) is 11.5 Å². The predicted molar refractivity (Wildman–Crippen MR) is 153 cm³/mol. The molecule has 1 atom stereocenters. The fourth-order valence-electron chi connectivity index (χ4n) is 4.60. The minimum absolute atomic E-state index is 0.377. The SMILES string of the molecule is CCCCCCCCCCOc1ccc(OC(=O)c2ccc(C3OCC(CC[C@@H](C)CC)CO3)cc2)cc1. The molecule has 2 aromatic carbocycles. The van der Waals surface area contributed by atoms with Gasteiger partial charge in [-0.3, -0.25) is 0 Å². The van der Waals surface area contributed by atoms with Crippen molar-refractivity contribution in [2.24, 2.45) is 11.8 Å². The normalized spacial score (nSPS) is 18.2. The van der Waals surface area contributed by atoms with E-state index in [1.165, 1.54) is 57.8 Å². The number of unbranched alkanes of at least 4 members (excludes halogenated alkanes) is 7. The highest BCUT2D eigenvalue weighted by atomic mass is 16.7. The highest BCUT2D eigenvalue weighted by Gasteiger charge is 2.24. The molecule has 5 heteroatoms. The molecule has 5 nitrogen and oxygen atoms in total. The Morgan fingerprint density at radius 2 is 1.45 bits per heavy atom. The van der Waals surface area contributed by atoms with Crippen LogP contribution in [0, 0.1) is 11.8 Å². The van der Waals surface area contributed by atoms with Crippen LogP contribution >= 0.6 is 0 Å². The Labute approximate surface area is 230 Å². The Hall–Kier alpha value is -2.37. The molecule has 1 fully saturated rings. The second-order valence-electron chi connectivity index (χ2n) is 10.8. The number of hydrogen-bond acceptors (Lipinski definition) is 5. The van der Waals surface area contributed by atoms with Gasteiger partial charge in [0.1, 0.15) is 11.5 Å². The van der Waals surface area contributed by atoms with Crippen molar-refractivity contribution in [3.05, 3.63) is 59.7 Å². The summed E-state index contributed by atoms with van der Waals surface area (Å²) < 4.78 is 23.3. The van der Waals surface area contributed by atoms with E-state index < -0.39 is 0 Å². The average Bonchev–Trinajstić information content (AvgIpc) is 2.96. The van der Waals surface area contributed by atoms with Gasteiger partial charge in [0.15, 0.2) is 6.29 Å². The Morgan fingerprint density at radius 3 is 2.08 bits per heavy atom. The Kier molecular flexibility index (Phi) is 13.7. The quantitative estimate of drug-likeness (QED) is 0.117. The topological polar surface area (TPSA) is 54.0 Å². The van der Waals surface area contributed by atoms with Gasteiger partial charge < -0.3 is 18.9 Å². The van der Waals surface area contributed by atoms with E-state index in [2.05, 4.69) is 20.8 Å². The molecule has 0 radical (unpaired) electrons. The molecule has 0 saturated carbocycles. The third-order valence-corrected chi connectivity index (χ3v) is 7.45. The summed E-state index contributed by atoms with van der Waals surface area (Å²) in [5.41, 5.74) is 1.41. The standard InChI is InChI=1S/C33H48O5/c1-4-6-7-8-9-10-11-12-23-35-30-19-21-31(22-20-30)38-32(34)28-15-17-29(18-16-28)33-36-24-27(25-37-33)14-13-26(3)5-2/h15-22,26-27,33H,4-14,23-25H2,1-3H3/t26-,27?,33?/m0/s1. The first kappa shape index (κ1) is 30.2. The number of hydrogen-bond donors (Lipinski definition) is 0. The fourth-order valence-corrected chi connectivity index (χ4v) is 4.60. The molecule has 1 aliphatic rings. The smallest absolute Gasteiger partial charge is 0.343 e. The van der Waals surface area contributed by atoms with E-state index in [0.29, 0.717) is 37.1 Å². The molecule has 1 aliphatic heterocycles. The van der Waals surface area contributed by atoms with Gasteiger partial charge in [-0.05, 0) is 55.2 Å². The molecule has 38 heavy (non-hydrogen) atoms. The van der Waals surface area contributed by atoms with Crippen LogP contribution in [-0.4, -0.2) is 25.8 Å². The highest BCUT2D eigenvalue weighted by Crippen LogP contribution is 2.28. The lowest BCUT2D eigenvalue weighted by Crippen LogP contribution is -2.27. The zero-order valence-corrected chi connectivity index (χ0v) is 23.8. The van der Waals surface area contributed by atoms with Crippen LogP contribution in [0.3, 0.4) is 0 Å². The maximum absolute atomic E-state index is 12.6. The van der Waals surface area contributed by atoms with E-state index in [9.17, 15) is 4.79 Å². The fraction of sp³-hybridized carbons (Fsp3) is 0.606. The summed E-state index contributed by atoms with van der Waals surface area (Å²) in [5.74, 6) is 2.11. The summed E-state index contributed by atoms with van der Waals surface area (Å²) in [6, 6.07) is 14.5. The average molecular weight is 525 g/mol. The van der Waals surface area contributed by atoms with Crippen LogP contribution in [0.1, 0.15) is 114 Å². The molecule has 0 N–H and O–H groups in total. The number of carbonyl (C=O) groups is 1. The summed E-state index contributed by atoms with van der Waals surface area (Å²) in [5, 5.41) is 0. The van der Waals surface area contributed by atoms with Crippen molar-refractivity contribution in [1.29, 1.82) is 0 Å². The second kappa shape index (κ2) is 17.3. The lowest BCUT2D eigenvalue weighted by molar-refractivity contribution is -0.206. The maximum atomic E-state index is 12.6. The van der Waals surface area contributed by atoms with E-state index in [0.717, 1.165) is 30.1 Å². The van der Waals surface area contributed by atoms with Gasteiger partial charge in [-0.25, -0.2) is 4.79 Å². The van der Waals surface area contributed by atoms with Crippen molar-refractivity contribution < 1.29 is 23.7 Å². The van der Waals surface area contributed by atoms with E-state index in [4.69, 9.17) is 18.9 Å². The number of benzene rings is 2. The Morgan fingerprint density at radius 1 is 0.842 bits per heavy atom. The van der Waals surface area contributed by atoms with Crippen LogP contribution in [0.4, 0.5) is 0 Å². The molecule has 0 aliphatic carbocycles. The first-order valence-electron chi connectivity index (χ1n) is 14.9. The Bertz CT molecular complexity index is 900. The van der Waals surface area contributed by atoms with Gasteiger partial charge in [0.25, 0.3) is 0 Å². The molecular formula is C33H48O5. The summed E-state index contributed by atoms with van der Waals surface area (Å²) in [6.07, 6.45) is 13.4.